The van der Waals surface area contributed by atoms with Crippen LogP contribution in [0.1, 0.15) is 36.4 Å². The van der Waals surface area contributed by atoms with Gasteiger partial charge in [-0.05, 0) is 30.9 Å². The molecule has 0 aliphatic carbocycles. The third-order valence-electron chi connectivity index (χ3n) is 4.34. The van der Waals surface area contributed by atoms with Crippen LogP contribution >= 0.6 is 0 Å². The topological polar surface area (TPSA) is 14.2 Å². The molecule has 0 spiro atoms. The zero-order valence-corrected chi connectivity index (χ0v) is 14.9. The highest BCUT2D eigenvalue weighted by atomic mass is 19.4. The Balaban J connectivity index is 2.12. The summed E-state index contributed by atoms with van der Waals surface area (Å²) >= 11 is 0. The minimum absolute atomic E-state index is 0.707. The first-order valence-corrected chi connectivity index (χ1v) is 8.73. The van der Waals surface area contributed by atoms with Crippen molar-refractivity contribution in [2.75, 3.05) is 6.61 Å². The van der Waals surface area contributed by atoms with Crippen molar-refractivity contribution in [1.29, 1.82) is 0 Å². The normalized spacial score (nSPS) is 13.3. The Bertz CT molecular complexity index is 865. The first-order valence-electron chi connectivity index (χ1n) is 8.73. The van der Waals surface area contributed by atoms with Gasteiger partial charge in [0.15, 0.2) is 6.23 Å². The van der Waals surface area contributed by atoms with E-state index in [1.807, 2.05) is 66.1 Å². The van der Waals surface area contributed by atoms with Gasteiger partial charge < -0.3 is 9.30 Å². The summed E-state index contributed by atoms with van der Waals surface area (Å²) in [5.41, 5.74) is 3.61. The number of hydrogen-bond acceptors (Lipinski definition) is 1. The first kappa shape index (κ1) is 18.5. The Hall–Kier alpha value is -2.27. The minimum Gasteiger partial charge on any atom is -0.344 e. The SMILES string of the molecule is CCCc1cc2ccccc2n1C(OCC(F)(F)F)c1ccc(C)cc1. The average Bonchev–Trinajstić information content (AvgIpc) is 2.94. The molecule has 26 heavy (non-hydrogen) atoms. The molecule has 2 nitrogen and oxygen atoms in total. The summed E-state index contributed by atoms with van der Waals surface area (Å²) in [4.78, 5) is 0. The van der Waals surface area contributed by atoms with E-state index in [-0.39, 0.29) is 0 Å². The highest BCUT2D eigenvalue weighted by Gasteiger charge is 2.31. The molecule has 1 aromatic heterocycles. The number of rotatable bonds is 6. The summed E-state index contributed by atoms with van der Waals surface area (Å²) < 4.78 is 45.9. The Labute approximate surface area is 151 Å². The molecule has 1 heterocycles. The van der Waals surface area contributed by atoms with Gasteiger partial charge in [0.1, 0.15) is 6.61 Å². The molecule has 0 bridgehead atoms. The standard InChI is InChI=1S/C21H22F3NO/c1-3-6-18-13-17-7-4-5-8-19(17)25(18)20(26-14-21(22,23)24)16-11-9-15(2)10-12-16/h4-5,7-13,20H,3,6,14H2,1-2H3. The molecule has 2 aromatic carbocycles. The van der Waals surface area contributed by atoms with Crippen LogP contribution in [0.15, 0.2) is 54.6 Å². The van der Waals surface area contributed by atoms with Crippen LogP contribution in [0.2, 0.25) is 0 Å². The Morgan fingerprint density at radius 2 is 1.73 bits per heavy atom. The average molecular weight is 361 g/mol. The quantitative estimate of drug-likeness (QED) is 0.523. The van der Waals surface area contributed by atoms with Crippen molar-refractivity contribution in [3.8, 4) is 0 Å². The highest BCUT2D eigenvalue weighted by Crippen LogP contribution is 2.31. The summed E-state index contributed by atoms with van der Waals surface area (Å²) in [6.07, 6.45) is -3.53. The van der Waals surface area contributed by atoms with Crippen LogP contribution < -0.4 is 0 Å². The zero-order valence-electron chi connectivity index (χ0n) is 14.9. The molecular formula is C21H22F3NO. The van der Waals surface area contributed by atoms with Crippen LogP contribution in [0.25, 0.3) is 10.9 Å². The number of benzene rings is 2. The lowest BCUT2D eigenvalue weighted by atomic mass is 10.1. The number of fused-ring (bicyclic) bond motifs is 1. The van der Waals surface area contributed by atoms with Gasteiger partial charge in [0.25, 0.3) is 0 Å². The number of nitrogens with zero attached hydrogens (tertiary/aromatic N) is 1. The first-order chi connectivity index (χ1) is 12.4. The summed E-state index contributed by atoms with van der Waals surface area (Å²) in [7, 11) is 0. The van der Waals surface area contributed by atoms with Crippen molar-refractivity contribution < 1.29 is 17.9 Å². The molecular weight excluding hydrogens is 339 g/mol. The number of aryl methyl sites for hydroxylation is 2. The summed E-state index contributed by atoms with van der Waals surface area (Å²) in [5, 5.41) is 1.00. The predicted molar refractivity (Wildman–Crippen MR) is 97.3 cm³/mol. The van der Waals surface area contributed by atoms with Gasteiger partial charge in [0.05, 0.1) is 5.52 Å². The Morgan fingerprint density at radius 3 is 2.38 bits per heavy atom. The van der Waals surface area contributed by atoms with Crippen molar-refractivity contribution in [2.45, 2.75) is 39.1 Å². The summed E-state index contributed by atoms with van der Waals surface area (Å²) in [5.74, 6) is 0. The van der Waals surface area contributed by atoms with Gasteiger partial charge in [-0.25, -0.2) is 0 Å². The van der Waals surface area contributed by atoms with E-state index in [1.54, 1.807) is 0 Å². The third kappa shape index (κ3) is 4.10. The molecule has 0 radical (unpaired) electrons. The van der Waals surface area contributed by atoms with Crippen molar-refractivity contribution >= 4 is 10.9 Å². The third-order valence-corrected chi connectivity index (χ3v) is 4.34. The maximum absolute atomic E-state index is 12.9. The number of hydrogen-bond donors (Lipinski definition) is 0. The number of ether oxygens (including phenoxy) is 1. The molecule has 0 saturated carbocycles. The van der Waals surface area contributed by atoms with Crippen molar-refractivity contribution in [3.05, 3.63) is 71.4 Å². The molecule has 0 fully saturated rings. The van der Waals surface area contributed by atoms with Gasteiger partial charge in [-0.3, -0.25) is 0 Å². The molecule has 0 aliphatic rings. The fraction of sp³-hybridized carbons (Fsp3) is 0.333. The van der Waals surface area contributed by atoms with E-state index in [1.165, 1.54) is 0 Å². The molecule has 0 N–H and O–H groups in total. The lowest BCUT2D eigenvalue weighted by Gasteiger charge is -2.24. The van der Waals surface area contributed by atoms with Gasteiger partial charge >= 0.3 is 6.18 Å². The highest BCUT2D eigenvalue weighted by molar-refractivity contribution is 5.81. The second kappa shape index (κ2) is 7.54. The fourth-order valence-corrected chi connectivity index (χ4v) is 3.18. The summed E-state index contributed by atoms with van der Waals surface area (Å²) in [6.45, 7) is 2.71. The van der Waals surface area contributed by atoms with E-state index in [9.17, 15) is 13.2 Å². The monoisotopic (exact) mass is 361 g/mol. The predicted octanol–water partition coefficient (Wildman–Crippen LogP) is 6.03. The van der Waals surface area contributed by atoms with Crippen molar-refractivity contribution in [3.63, 3.8) is 0 Å². The van der Waals surface area contributed by atoms with Gasteiger partial charge in [0.2, 0.25) is 0 Å². The number of halogens is 3. The van der Waals surface area contributed by atoms with Crippen LogP contribution in [-0.2, 0) is 11.2 Å². The molecule has 0 saturated heterocycles. The second-order valence-corrected chi connectivity index (χ2v) is 6.50. The largest absolute Gasteiger partial charge is 0.411 e. The van der Waals surface area contributed by atoms with E-state index < -0.39 is 19.0 Å². The van der Waals surface area contributed by atoms with E-state index in [4.69, 9.17) is 4.74 Å². The van der Waals surface area contributed by atoms with Crippen LogP contribution in [0.3, 0.4) is 0 Å². The molecule has 1 unspecified atom stereocenters. The lowest BCUT2D eigenvalue weighted by Crippen LogP contribution is -2.24. The Kier molecular flexibility index (Phi) is 5.37. The minimum atomic E-state index is -4.38. The van der Waals surface area contributed by atoms with E-state index in [0.29, 0.717) is 5.56 Å². The molecule has 0 aliphatic heterocycles. The maximum Gasteiger partial charge on any atom is 0.411 e. The molecule has 138 valence electrons. The van der Waals surface area contributed by atoms with E-state index in [0.717, 1.165) is 35.0 Å². The van der Waals surface area contributed by atoms with Gasteiger partial charge in [-0.2, -0.15) is 13.2 Å². The summed E-state index contributed by atoms with van der Waals surface area (Å²) in [6, 6.07) is 17.2. The van der Waals surface area contributed by atoms with Crippen LogP contribution in [0.4, 0.5) is 13.2 Å². The smallest absolute Gasteiger partial charge is 0.344 e. The molecule has 3 rings (SSSR count). The van der Waals surface area contributed by atoms with E-state index >= 15 is 0 Å². The molecule has 5 heteroatoms. The molecule has 3 aromatic rings. The van der Waals surface area contributed by atoms with Gasteiger partial charge in [0, 0.05) is 11.3 Å². The van der Waals surface area contributed by atoms with Crippen molar-refractivity contribution in [2.24, 2.45) is 0 Å². The molecule has 0 amide bonds. The van der Waals surface area contributed by atoms with Gasteiger partial charge in [-0.15, -0.1) is 0 Å². The van der Waals surface area contributed by atoms with Crippen molar-refractivity contribution in [1.82, 2.24) is 4.57 Å². The van der Waals surface area contributed by atoms with E-state index in [2.05, 4.69) is 6.92 Å². The van der Waals surface area contributed by atoms with Crippen LogP contribution in [-0.4, -0.2) is 17.4 Å². The maximum atomic E-state index is 12.9. The fourth-order valence-electron chi connectivity index (χ4n) is 3.18. The van der Waals surface area contributed by atoms with Gasteiger partial charge in [-0.1, -0.05) is 61.4 Å². The Morgan fingerprint density at radius 1 is 1.04 bits per heavy atom. The number of aromatic nitrogens is 1. The van der Waals surface area contributed by atoms with Crippen LogP contribution in [0, 0.1) is 6.92 Å². The number of alkyl halides is 3. The van der Waals surface area contributed by atoms with Crippen LogP contribution in [0.5, 0.6) is 0 Å². The zero-order chi connectivity index (χ0) is 18.7. The molecule has 1 atom stereocenters. The lowest BCUT2D eigenvalue weighted by molar-refractivity contribution is -0.189. The second-order valence-electron chi connectivity index (χ2n) is 6.50. The number of para-hydroxylation sites is 1.